The van der Waals surface area contributed by atoms with Gasteiger partial charge < -0.3 is 10.3 Å². The summed E-state index contributed by atoms with van der Waals surface area (Å²) in [7, 11) is 1.90. The molecule has 0 aromatic carbocycles. The van der Waals surface area contributed by atoms with Crippen molar-refractivity contribution in [3.05, 3.63) is 23.4 Å². The van der Waals surface area contributed by atoms with Crippen molar-refractivity contribution in [2.75, 3.05) is 5.73 Å². The summed E-state index contributed by atoms with van der Waals surface area (Å²) in [5.74, 6) is 0. The first-order chi connectivity index (χ1) is 7.58. The van der Waals surface area contributed by atoms with Crippen molar-refractivity contribution in [2.45, 2.75) is 17.1 Å². The summed E-state index contributed by atoms with van der Waals surface area (Å²) in [6, 6.07) is 0. The Labute approximate surface area is 102 Å². The minimum atomic E-state index is 0.198. The molecule has 0 saturated carbocycles. The first kappa shape index (κ1) is 11.2. The highest BCUT2D eigenvalue weighted by atomic mass is 35.5. The molecule has 0 unspecified atom stereocenters. The number of nitrogen functional groups attached to an aromatic ring is 1. The molecule has 2 rings (SSSR count). The first-order valence-corrected chi connectivity index (χ1v) is 5.72. The zero-order valence-corrected chi connectivity index (χ0v) is 10.4. The van der Waals surface area contributed by atoms with Gasteiger partial charge in [0.05, 0.1) is 11.4 Å². The third-order valence-electron chi connectivity index (χ3n) is 2.04. The van der Waals surface area contributed by atoms with Crippen molar-refractivity contribution in [1.29, 1.82) is 0 Å². The predicted octanol–water partition coefficient (Wildman–Crippen LogP) is 1.91. The Hall–Kier alpha value is -1.27. The first-order valence-electron chi connectivity index (χ1n) is 4.52. The van der Waals surface area contributed by atoms with Gasteiger partial charge in [-0.2, -0.15) is 0 Å². The van der Waals surface area contributed by atoms with E-state index in [0.29, 0.717) is 16.4 Å². The fraction of sp³-hybridized carbons (Fsp3) is 0.222. The number of hydrogen-bond donors (Lipinski definition) is 1. The quantitative estimate of drug-likeness (QED) is 0.656. The van der Waals surface area contributed by atoms with Crippen LogP contribution in [-0.4, -0.2) is 19.5 Å². The highest BCUT2D eigenvalue weighted by Crippen LogP contribution is 2.30. The molecular formula is C9H10ClN5S. The van der Waals surface area contributed by atoms with Gasteiger partial charge in [-0.25, -0.2) is 15.0 Å². The zero-order chi connectivity index (χ0) is 11.7. The number of halogens is 1. The Balaban J connectivity index is 2.38. The molecule has 16 heavy (non-hydrogen) atoms. The van der Waals surface area contributed by atoms with Gasteiger partial charge in [0, 0.05) is 19.4 Å². The van der Waals surface area contributed by atoms with Gasteiger partial charge in [0.25, 0.3) is 0 Å². The predicted molar refractivity (Wildman–Crippen MR) is 63.5 cm³/mol. The molecule has 0 atom stereocenters. The second-order valence-electron chi connectivity index (χ2n) is 3.22. The molecule has 0 radical (unpaired) electrons. The zero-order valence-electron chi connectivity index (χ0n) is 8.81. The Morgan fingerprint density at radius 3 is 2.81 bits per heavy atom. The highest BCUT2D eigenvalue weighted by molar-refractivity contribution is 7.99. The number of hydrogen-bond acceptors (Lipinski definition) is 5. The van der Waals surface area contributed by atoms with E-state index < -0.39 is 0 Å². The summed E-state index contributed by atoms with van der Waals surface area (Å²) in [4.78, 5) is 12.2. The summed E-state index contributed by atoms with van der Waals surface area (Å²) in [5, 5.41) is 1.64. The van der Waals surface area contributed by atoms with Crippen LogP contribution in [-0.2, 0) is 7.05 Å². The number of aromatic nitrogens is 4. The summed E-state index contributed by atoms with van der Waals surface area (Å²) >= 11 is 7.15. The van der Waals surface area contributed by atoms with Crippen LogP contribution < -0.4 is 5.73 Å². The van der Waals surface area contributed by atoms with Gasteiger partial charge in [0.15, 0.2) is 5.16 Å². The van der Waals surface area contributed by atoms with Crippen LogP contribution in [0.1, 0.15) is 5.69 Å². The van der Waals surface area contributed by atoms with Gasteiger partial charge in [-0.3, -0.25) is 0 Å². The SMILES string of the molecule is Cc1nc(Cl)nc(Sc2nccn2C)c1N. The third kappa shape index (κ3) is 2.12. The number of nitrogens with zero attached hydrogens (tertiary/aromatic N) is 4. The monoisotopic (exact) mass is 255 g/mol. The minimum Gasteiger partial charge on any atom is -0.395 e. The van der Waals surface area contributed by atoms with Gasteiger partial charge in [0.2, 0.25) is 5.28 Å². The number of anilines is 1. The lowest BCUT2D eigenvalue weighted by Gasteiger charge is -2.06. The minimum absolute atomic E-state index is 0.198. The summed E-state index contributed by atoms with van der Waals surface area (Å²) in [5.41, 5.74) is 7.09. The van der Waals surface area contributed by atoms with Crippen LogP contribution in [0.3, 0.4) is 0 Å². The molecule has 0 saturated heterocycles. The van der Waals surface area contributed by atoms with Crippen LogP contribution in [0.4, 0.5) is 5.69 Å². The van der Waals surface area contributed by atoms with Gasteiger partial charge >= 0.3 is 0 Å². The number of aryl methyl sites for hydroxylation is 2. The third-order valence-corrected chi connectivity index (χ3v) is 3.29. The molecule has 7 heteroatoms. The van der Waals surface area contributed by atoms with Gasteiger partial charge in [-0.1, -0.05) is 0 Å². The average molecular weight is 256 g/mol. The van der Waals surface area contributed by atoms with E-state index >= 15 is 0 Å². The maximum Gasteiger partial charge on any atom is 0.223 e. The topological polar surface area (TPSA) is 69.6 Å². The lowest BCUT2D eigenvalue weighted by atomic mass is 10.4. The van der Waals surface area contributed by atoms with Crippen LogP contribution in [0.5, 0.6) is 0 Å². The van der Waals surface area contributed by atoms with E-state index in [4.69, 9.17) is 17.3 Å². The van der Waals surface area contributed by atoms with Crippen molar-refractivity contribution >= 4 is 29.1 Å². The Kier molecular flexibility index (Phi) is 3.02. The maximum absolute atomic E-state index is 5.88. The second kappa shape index (κ2) is 4.31. The Morgan fingerprint density at radius 1 is 1.44 bits per heavy atom. The molecule has 0 aliphatic carbocycles. The maximum atomic E-state index is 5.88. The molecule has 2 aromatic rings. The normalized spacial score (nSPS) is 10.7. The van der Waals surface area contributed by atoms with Crippen LogP contribution in [0, 0.1) is 6.92 Å². The van der Waals surface area contributed by atoms with Crippen molar-refractivity contribution in [1.82, 2.24) is 19.5 Å². The van der Waals surface area contributed by atoms with E-state index in [2.05, 4.69) is 15.0 Å². The van der Waals surface area contributed by atoms with E-state index in [1.165, 1.54) is 11.8 Å². The standard InChI is InChI=1S/C9H10ClN5S/c1-5-6(11)7(14-8(10)13-5)16-9-12-3-4-15(9)2/h3-4H,11H2,1-2H3. The molecule has 2 aromatic heterocycles. The summed E-state index contributed by atoms with van der Waals surface area (Å²) < 4.78 is 1.88. The fourth-order valence-corrected chi connectivity index (χ4v) is 2.28. The van der Waals surface area contributed by atoms with Crippen LogP contribution in [0.2, 0.25) is 5.28 Å². The Morgan fingerprint density at radius 2 is 2.19 bits per heavy atom. The molecule has 84 valence electrons. The molecular weight excluding hydrogens is 246 g/mol. The van der Waals surface area contributed by atoms with E-state index in [9.17, 15) is 0 Å². The number of imidazole rings is 1. The Bertz CT molecular complexity index is 525. The molecule has 2 N–H and O–H groups in total. The average Bonchev–Trinajstić information content (AvgIpc) is 2.60. The molecule has 0 amide bonds. The van der Waals surface area contributed by atoms with Gasteiger partial charge in [-0.15, -0.1) is 0 Å². The van der Waals surface area contributed by atoms with Crippen molar-refractivity contribution in [3.63, 3.8) is 0 Å². The lowest BCUT2D eigenvalue weighted by molar-refractivity contribution is 0.788. The highest BCUT2D eigenvalue weighted by Gasteiger charge is 2.11. The van der Waals surface area contributed by atoms with Crippen molar-refractivity contribution in [3.8, 4) is 0 Å². The summed E-state index contributed by atoms with van der Waals surface area (Å²) in [6.07, 6.45) is 3.57. The lowest BCUT2D eigenvalue weighted by Crippen LogP contribution is -2.00. The van der Waals surface area contributed by atoms with E-state index in [0.717, 1.165) is 5.16 Å². The van der Waals surface area contributed by atoms with E-state index in [-0.39, 0.29) is 5.28 Å². The number of rotatable bonds is 2. The molecule has 0 spiro atoms. The van der Waals surface area contributed by atoms with Gasteiger partial charge in [-0.05, 0) is 30.3 Å². The van der Waals surface area contributed by atoms with Crippen LogP contribution in [0.15, 0.2) is 22.6 Å². The van der Waals surface area contributed by atoms with Crippen LogP contribution >= 0.6 is 23.4 Å². The molecule has 5 nitrogen and oxygen atoms in total. The second-order valence-corrected chi connectivity index (χ2v) is 4.51. The van der Waals surface area contributed by atoms with Crippen molar-refractivity contribution in [2.24, 2.45) is 7.05 Å². The van der Waals surface area contributed by atoms with Gasteiger partial charge in [0.1, 0.15) is 5.03 Å². The smallest absolute Gasteiger partial charge is 0.223 e. The van der Waals surface area contributed by atoms with E-state index in [1.807, 2.05) is 17.8 Å². The molecule has 0 fully saturated rings. The summed E-state index contributed by atoms with van der Waals surface area (Å²) in [6.45, 7) is 1.80. The van der Waals surface area contributed by atoms with E-state index in [1.54, 1.807) is 13.1 Å². The van der Waals surface area contributed by atoms with Crippen molar-refractivity contribution < 1.29 is 0 Å². The molecule has 0 aliphatic heterocycles. The van der Waals surface area contributed by atoms with Crippen LogP contribution in [0.25, 0.3) is 0 Å². The molecule has 0 aliphatic rings. The fourth-order valence-electron chi connectivity index (χ4n) is 1.14. The molecule has 2 heterocycles. The molecule has 0 bridgehead atoms. The largest absolute Gasteiger partial charge is 0.395 e. The number of nitrogens with two attached hydrogens (primary N) is 1.